The number of carbonyl (C=O) groups excluding carboxylic acids is 1. The van der Waals surface area contributed by atoms with Crippen molar-refractivity contribution in [2.45, 2.75) is 25.5 Å². The van der Waals surface area contributed by atoms with Crippen LogP contribution in [0.15, 0.2) is 46.5 Å². The molecule has 1 aliphatic heterocycles. The van der Waals surface area contributed by atoms with Crippen molar-refractivity contribution in [2.75, 3.05) is 0 Å². The van der Waals surface area contributed by atoms with Crippen molar-refractivity contribution in [3.8, 4) is 5.75 Å². The van der Waals surface area contributed by atoms with Crippen LogP contribution in [0.3, 0.4) is 0 Å². The second-order valence-corrected chi connectivity index (χ2v) is 6.76. The molecule has 1 aromatic heterocycles. The lowest BCUT2D eigenvalue weighted by Gasteiger charge is -2.11. The van der Waals surface area contributed by atoms with Crippen molar-refractivity contribution < 1.29 is 13.9 Å². The van der Waals surface area contributed by atoms with Gasteiger partial charge < -0.3 is 14.5 Å². The number of furan rings is 1. The normalized spacial score (nSPS) is 18.8. The minimum atomic E-state index is -0.0946. The molecule has 128 valence electrons. The van der Waals surface area contributed by atoms with Gasteiger partial charge in [-0.15, -0.1) is 0 Å². The van der Waals surface area contributed by atoms with Crippen LogP contribution in [0.1, 0.15) is 24.4 Å². The Morgan fingerprint density at radius 2 is 2.04 bits per heavy atom. The topological polar surface area (TPSA) is 54.7 Å². The van der Waals surface area contributed by atoms with Crippen molar-refractivity contribution in [2.24, 2.45) is 0 Å². The molecule has 25 heavy (non-hydrogen) atoms. The molecule has 1 N–H and O–H groups in total. The van der Waals surface area contributed by atoms with Crippen molar-refractivity contribution in [1.29, 1.82) is 0 Å². The summed E-state index contributed by atoms with van der Waals surface area (Å²) in [6.07, 6.45) is 3.68. The highest BCUT2D eigenvalue weighted by Crippen LogP contribution is 2.31. The van der Waals surface area contributed by atoms with Crippen molar-refractivity contribution in [3.63, 3.8) is 0 Å². The van der Waals surface area contributed by atoms with Crippen LogP contribution in [-0.4, -0.2) is 22.0 Å². The third-order valence-electron chi connectivity index (χ3n) is 3.99. The molecule has 1 amide bonds. The van der Waals surface area contributed by atoms with Gasteiger partial charge in [0.25, 0.3) is 5.91 Å². The Morgan fingerprint density at radius 1 is 1.28 bits per heavy atom. The van der Waals surface area contributed by atoms with Crippen LogP contribution >= 0.6 is 23.8 Å². The molecule has 2 heterocycles. The van der Waals surface area contributed by atoms with Crippen LogP contribution in [0.5, 0.6) is 5.75 Å². The Balaban J connectivity index is 1.42. The number of carbonyl (C=O) groups is 1. The fourth-order valence-corrected chi connectivity index (χ4v) is 3.06. The predicted molar refractivity (Wildman–Crippen MR) is 98.1 cm³/mol. The van der Waals surface area contributed by atoms with Crippen LogP contribution in [0.25, 0.3) is 6.08 Å². The maximum atomic E-state index is 12.4. The van der Waals surface area contributed by atoms with E-state index in [9.17, 15) is 4.79 Å². The van der Waals surface area contributed by atoms with E-state index in [-0.39, 0.29) is 11.9 Å². The highest BCUT2D eigenvalue weighted by atomic mass is 35.5. The van der Waals surface area contributed by atoms with Gasteiger partial charge in [-0.25, -0.2) is 0 Å². The van der Waals surface area contributed by atoms with Gasteiger partial charge in [0, 0.05) is 17.1 Å². The molecule has 5 nitrogen and oxygen atoms in total. The number of halogens is 1. The Labute approximate surface area is 155 Å². The van der Waals surface area contributed by atoms with Gasteiger partial charge >= 0.3 is 0 Å². The highest BCUT2D eigenvalue weighted by molar-refractivity contribution is 7.80. The summed E-state index contributed by atoms with van der Waals surface area (Å²) >= 11 is 11.1. The Bertz CT molecular complexity index is 855. The molecule has 2 aromatic rings. The van der Waals surface area contributed by atoms with Crippen LogP contribution in [-0.2, 0) is 11.4 Å². The van der Waals surface area contributed by atoms with E-state index in [0.717, 1.165) is 12.8 Å². The average Bonchev–Trinajstić information content (AvgIpc) is 3.25. The minimum Gasteiger partial charge on any atom is -0.486 e. The van der Waals surface area contributed by atoms with Crippen molar-refractivity contribution >= 4 is 40.9 Å². The molecular weight excluding hydrogens is 360 g/mol. The average molecular weight is 375 g/mol. The molecule has 0 spiro atoms. The number of thiocarbonyl (C=S) groups is 1. The van der Waals surface area contributed by atoms with Gasteiger partial charge in [0.15, 0.2) is 5.11 Å². The van der Waals surface area contributed by atoms with Gasteiger partial charge in [-0.1, -0.05) is 11.6 Å². The fraction of sp³-hybridized carbons (Fsp3) is 0.222. The molecule has 0 bridgehead atoms. The Kier molecular flexibility index (Phi) is 4.23. The third kappa shape index (κ3) is 3.55. The van der Waals surface area contributed by atoms with E-state index < -0.39 is 0 Å². The van der Waals surface area contributed by atoms with Gasteiger partial charge in [-0.05, 0) is 61.5 Å². The lowest BCUT2D eigenvalue weighted by molar-refractivity contribution is -0.122. The van der Waals surface area contributed by atoms with E-state index in [1.807, 2.05) is 6.07 Å². The highest BCUT2D eigenvalue weighted by Gasteiger charge is 2.41. The fourth-order valence-electron chi connectivity index (χ4n) is 2.59. The first-order valence-corrected chi connectivity index (χ1v) is 8.72. The number of benzene rings is 1. The summed E-state index contributed by atoms with van der Waals surface area (Å²) < 4.78 is 11.3. The number of nitrogens with zero attached hydrogens (tertiary/aromatic N) is 1. The van der Waals surface area contributed by atoms with E-state index in [1.165, 1.54) is 0 Å². The molecule has 0 atom stereocenters. The number of rotatable bonds is 5. The molecule has 1 aromatic carbocycles. The first kappa shape index (κ1) is 16.2. The van der Waals surface area contributed by atoms with Crippen LogP contribution in [0.2, 0.25) is 5.02 Å². The van der Waals surface area contributed by atoms with Gasteiger partial charge in [0.05, 0.1) is 0 Å². The van der Waals surface area contributed by atoms with Gasteiger partial charge in [-0.2, -0.15) is 0 Å². The van der Waals surface area contributed by atoms with Crippen molar-refractivity contribution in [1.82, 2.24) is 10.2 Å². The zero-order chi connectivity index (χ0) is 17.4. The first-order valence-electron chi connectivity index (χ1n) is 7.93. The maximum absolute atomic E-state index is 12.4. The summed E-state index contributed by atoms with van der Waals surface area (Å²) in [5.41, 5.74) is 0.441. The summed E-state index contributed by atoms with van der Waals surface area (Å²) in [5.74, 6) is 1.85. The van der Waals surface area contributed by atoms with E-state index >= 15 is 0 Å². The molecule has 1 saturated carbocycles. The molecule has 2 aliphatic rings. The maximum Gasteiger partial charge on any atom is 0.276 e. The lowest BCUT2D eigenvalue weighted by atomic mass is 10.3. The Morgan fingerprint density at radius 3 is 2.76 bits per heavy atom. The minimum absolute atomic E-state index is 0.0946. The van der Waals surface area contributed by atoms with Gasteiger partial charge in [-0.3, -0.25) is 9.69 Å². The molecular formula is C18H15ClN2O3S. The standard InChI is InChI=1S/C18H15ClN2O3S/c19-11-1-5-13(6-2-11)23-10-15-8-7-14(24-15)9-16-17(22)21(12-3-4-12)18(25)20-16/h1-2,5-9,12H,3-4,10H2,(H,20,25)/b16-9+. The molecule has 1 saturated heterocycles. The Hall–Kier alpha value is -2.31. The quantitative estimate of drug-likeness (QED) is 0.638. The van der Waals surface area contributed by atoms with E-state index in [1.54, 1.807) is 41.3 Å². The van der Waals surface area contributed by atoms with Crippen LogP contribution in [0, 0.1) is 0 Å². The molecule has 0 unspecified atom stereocenters. The number of amides is 1. The monoisotopic (exact) mass is 374 g/mol. The summed E-state index contributed by atoms with van der Waals surface area (Å²) in [5, 5.41) is 4.09. The predicted octanol–water partition coefficient (Wildman–Crippen LogP) is 3.73. The zero-order valence-electron chi connectivity index (χ0n) is 13.2. The van der Waals surface area contributed by atoms with Gasteiger partial charge in [0.1, 0.15) is 29.6 Å². The largest absolute Gasteiger partial charge is 0.486 e. The summed E-state index contributed by atoms with van der Waals surface area (Å²) in [6.45, 7) is 0.290. The smallest absolute Gasteiger partial charge is 0.276 e. The molecule has 1 aliphatic carbocycles. The number of nitrogens with one attached hydrogen (secondary N) is 1. The second kappa shape index (κ2) is 6.54. The first-order chi connectivity index (χ1) is 12.1. The van der Waals surface area contributed by atoms with Crippen molar-refractivity contribution in [3.05, 3.63) is 58.6 Å². The zero-order valence-corrected chi connectivity index (χ0v) is 14.8. The molecule has 0 radical (unpaired) electrons. The van der Waals surface area contributed by atoms with E-state index in [4.69, 9.17) is 33.0 Å². The number of hydrogen-bond donors (Lipinski definition) is 1. The SMILES string of the molecule is O=C1/C(=C\c2ccc(COc3ccc(Cl)cc3)o2)NC(=S)N1C1CC1. The van der Waals surface area contributed by atoms with E-state index in [2.05, 4.69) is 5.32 Å². The molecule has 7 heteroatoms. The summed E-state index contributed by atoms with van der Waals surface area (Å²) in [7, 11) is 0. The summed E-state index contributed by atoms with van der Waals surface area (Å²) in [6, 6.07) is 11.0. The number of hydrogen-bond acceptors (Lipinski definition) is 4. The van der Waals surface area contributed by atoms with Crippen LogP contribution < -0.4 is 10.1 Å². The lowest BCUT2D eigenvalue weighted by Crippen LogP contribution is -2.32. The second-order valence-electron chi connectivity index (χ2n) is 5.94. The van der Waals surface area contributed by atoms with E-state index in [0.29, 0.717) is 39.7 Å². The van der Waals surface area contributed by atoms with Crippen LogP contribution in [0.4, 0.5) is 0 Å². The van der Waals surface area contributed by atoms with Gasteiger partial charge in [0.2, 0.25) is 0 Å². The number of ether oxygens (including phenoxy) is 1. The molecule has 4 rings (SSSR count). The third-order valence-corrected chi connectivity index (χ3v) is 4.54. The summed E-state index contributed by atoms with van der Waals surface area (Å²) in [4.78, 5) is 14.0. The molecule has 2 fully saturated rings.